The molecule has 2 heterocycles. The van der Waals surface area contributed by atoms with Crippen LogP contribution in [-0.2, 0) is 21.3 Å². The van der Waals surface area contributed by atoms with Crippen LogP contribution in [0.2, 0.25) is 0 Å². The predicted octanol–water partition coefficient (Wildman–Crippen LogP) is 1.62. The number of nitrogens with one attached hydrogen (secondary N) is 2. The number of hydrogen-bond donors (Lipinski definition) is 2. The summed E-state index contributed by atoms with van der Waals surface area (Å²) in [6.07, 6.45) is 3.00. The molecule has 0 spiro atoms. The fourth-order valence-corrected chi connectivity index (χ4v) is 5.68. The van der Waals surface area contributed by atoms with Crippen LogP contribution in [0.5, 0.6) is 0 Å². The highest BCUT2D eigenvalue weighted by molar-refractivity contribution is 7.91. The normalized spacial score (nSPS) is 18.1. The number of rotatable bonds is 7. The number of hydrogen-bond acceptors (Lipinski definition) is 5. The lowest BCUT2D eigenvalue weighted by Crippen LogP contribution is -2.43. The van der Waals surface area contributed by atoms with E-state index in [0.29, 0.717) is 36.4 Å². The van der Waals surface area contributed by atoms with Gasteiger partial charge in [-0.15, -0.1) is 11.3 Å². The Labute approximate surface area is 154 Å². The van der Waals surface area contributed by atoms with Crippen molar-refractivity contribution < 1.29 is 13.2 Å². The van der Waals surface area contributed by atoms with Crippen molar-refractivity contribution in [1.29, 1.82) is 0 Å². The third kappa shape index (κ3) is 5.67. The molecule has 0 saturated carbocycles. The van der Waals surface area contributed by atoms with Gasteiger partial charge in [0, 0.05) is 38.2 Å². The molecule has 25 heavy (non-hydrogen) atoms. The highest BCUT2D eigenvalue weighted by Crippen LogP contribution is 2.26. The predicted molar refractivity (Wildman–Crippen MR) is 102 cm³/mol. The number of aliphatic imine (C=N–C) groups is 1. The lowest BCUT2D eigenvalue weighted by Gasteiger charge is -2.25. The number of sulfonamides is 1. The van der Waals surface area contributed by atoms with E-state index in [4.69, 9.17) is 4.74 Å². The number of ether oxygens (including phenoxy) is 1. The molecule has 1 aromatic heterocycles. The van der Waals surface area contributed by atoms with Crippen LogP contribution in [0, 0.1) is 0 Å². The van der Waals surface area contributed by atoms with Gasteiger partial charge < -0.3 is 15.4 Å². The monoisotopic (exact) mass is 388 g/mol. The quantitative estimate of drug-likeness (QED) is 0.548. The first-order valence-electron chi connectivity index (χ1n) is 8.52. The SMILES string of the molecule is CN=C(NCc1ccc(S(=O)(=O)N2CCCCC2)s1)NC(C)COC. The van der Waals surface area contributed by atoms with Gasteiger partial charge in [0.2, 0.25) is 0 Å². The van der Waals surface area contributed by atoms with E-state index in [1.54, 1.807) is 24.5 Å². The molecule has 0 amide bonds. The van der Waals surface area contributed by atoms with Crippen molar-refractivity contribution in [3.63, 3.8) is 0 Å². The largest absolute Gasteiger partial charge is 0.383 e. The van der Waals surface area contributed by atoms with Crippen molar-refractivity contribution >= 4 is 27.3 Å². The summed E-state index contributed by atoms with van der Waals surface area (Å²) in [4.78, 5) is 5.13. The Balaban J connectivity index is 1.94. The van der Waals surface area contributed by atoms with E-state index in [9.17, 15) is 8.42 Å². The summed E-state index contributed by atoms with van der Waals surface area (Å²) in [7, 11) is 0.0110. The Bertz CT molecular complexity index is 667. The molecule has 1 aliphatic rings. The molecule has 7 nitrogen and oxygen atoms in total. The minimum atomic E-state index is -3.35. The Morgan fingerprint density at radius 2 is 2.08 bits per heavy atom. The Morgan fingerprint density at radius 1 is 1.36 bits per heavy atom. The fourth-order valence-electron chi connectivity index (χ4n) is 2.71. The van der Waals surface area contributed by atoms with E-state index in [1.165, 1.54) is 11.3 Å². The Hall–Kier alpha value is -1.16. The second-order valence-corrected chi connectivity index (χ2v) is 9.45. The standard InChI is InChI=1S/C16H28N4O3S2/c1-13(12-23-3)19-16(17-2)18-11-14-7-8-15(24-14)25(21,22)20-9-5-4-6-10-20/h7-8,13H,4-6,9-12H2,1-3H3,(H2,17,18,19). The Morgan fingerprint density at radius 3 is 2.72 bits per heavy atom. The molecule has 1 aliphatic heterocycles. The second kappa shape index (κ2) is 9.51. The number of piperidine rings is 1. The molecule has 1 atom stereocenters. The van der Waals surface area contributed by atoms with Gasteiger partial charge in [0.25, 0.3) is 10.0 Å². The molecule has 1 fully saturated rings. The molecule has 0 aliphatic carbocycles. The van der Waals surface area contributed by atoms with E-state index in [1.807, 2.05) is 13.0 Å². The van der Waals surface area contributed by atoms with Crippen LogP contribution in [0.15, 0.2) is 21.3 Å². The average Bonchev–Trinajstić information content (AvgIpc) is 3.09. The average molecular weight is 389 g/mol. The summed E-state index contributed by atoms with van der Waals surface area (Å²) in [5.41, 5.74) is 0. The van der Waals surface area contributed by atoms with Crippen molar-refractivity contribution in [3.8, 4) is 0 Å². The first-order valence-corrected chi connectivity index (χ1v) is 10.8. The van der Waals surface area contributed by atoms with E-state index < -0.39 is 10.0 Å². The van der Waals surface area contributed by atoms with Gasteiger partial charge in [-0.05, 0) is 31.9 Å². The van der Waals surface area contributed by atoms with Crippen molar-refractivity contribution in [2.75, 3.05) is 33.9 Å². The Kier molecular flexibility index (Phi) is 7.67. The molecule has 1 aromatic rings. The van der Waals surface area contributed by atoms with Gasteiger partial charge in [-0.2, -0.15) is 4.31 Å². The minimum Gasteiger partial charge on any atom is -0.383 e. The zero-order chi connectivity index (χ0) is 18.3. The van der Waals surface area contributed by atoms with Gasteiger partial charge in [0.05, 0.1) is 13.2 Å². The van der Waals surface area contributed by atoms with Gasteiger partial charge in [-0.1, -0.05) is 6.42 Å². The van der Waals surface area contributed by atoms with Gasteiger partial charge in [0.1, 0.15) is 4.21 Å². The maximum Gasteiger partial charge on any atom is 0.252 e. The fraction of sp³-hybridized carbons (Fsp3) is 0.688. The topological polar surface area (TPSA) is 83.0 Å². The van der Waals surface area contributed by atoms with Gasteiger partial charge in [0.15, 0.2) is 5.96 Å². The van der Waals surface area contributed by atoms with E-state index in [-0.39, 0.29) is 6.04 Å². The molecule has 2 N–H and O–H groups in total. The van der Waals surface area contributed by atoms with Crippen LogP contribution >= 0.6 is 11.3 Å². The smallest absolute Gasteiger partial charge is 0.252 e. The highest BCUT2D eigenvalue weighted by Gasteiger charge is 2.27. The molecule has 142 valence electrons. The van der Waals surface area contributed by atoms with Crippen LogP contribution in [-0.4, -0.2) is 58.6 Å². The van der Waals surface area contributed by atoms with Crippen LogP contribution < -0.4 is 10.6 Å². The summed E-state index contributed by atoms with van der Waals surface area (Å²) in [5.74, 6) is 0.665. The zero-order valence-electron chi connectivity index (χ0n) is 15.1. The zero-order valence-corrected chi connectivity index (χ0v) is 16.8. The minimum absolute atomic E-state index is 0.134. The summed E-state index contributed by atoms with van der Waals surface area (Å²) in [5, 5.41) is 6.42. The van der Waals surface area contributed by atoms with E-state index >= 15 is 0 Å². The van der Waals surface area contributed by atoms with Crippen molar-refractivity contribution in [3.05, 3.63) is 17.0 Å². The number of methoxy groups -OCH3 is 1. The number of thiophene rings is 1. The third-order valence-corrected chi connectivity index (χ3v) is 7.45. The molecular weight excluding hydrogens is 360 g/mol. The van der Waals surface area contributed by atoms with Gasteiger partial charge >= 0.3 is 0 Å². The molecule has 0 bridgehead atoms. The summed E-state index contributed by atoms with van der Waals surface area (Å²) < 4.78 is 32.5. The molecule has 0 aromatic carbocycles. The highest BCUT2D eigenvalue weighted by atomic mass is 32.2. The first-order chi connectivity index (χ1) is 12.0. The van der Waals surface area contributed by atoms with Crippen LogP contribution in [0.4, 0.5) is 0 Å². The van der Waals surface area contributed by atoms with Crippen molar-refractivity contribution in [2.24, 2.45) is 4.99 Å². The lowest BCUT2D eigenvalue weighted by atomic mass is 10.2. The molecule has 9 heteroatoms. The maximum atomic E-state index is 12.7. The van der Waals surface area contributed by atoms with Crippen LogP contribution in [0.1, 0.15) is 31.1 Å². The summed E-state index contributed by atoms with van der Waals surface area (Å²) in [6.45, 7) is 4.37. The lowest BCUT2D eigenvalue weighted by molar-refractivity contribution is 0.179. The molecule has 1 unspecified atom stereocenters. The summed E-state index contributed by atoms with van der Waals surface area (Å²) in [6, 6.07) is 3.70. The second-order valence-electron chi connectivity index (χ2n) is 6.11. The number of guanidine groups is 1. The number of nitrogens with zero attached hydrogens (tertiary/aromatic N) is 2. The molecule has 2 rings (SSSR count). The van der Waals surface area contributed by atoms with Crippen molar-refractivity contribution in [2.45, 2.75) is 43.0 Å². The van der Waals surface area contributed by atoms with Crippen LogP contribution in [0.3, 0.4) is 0 Å². The first kappa shape index (κ1) is 20.2. The molecule has 0 radical (unpaired) electrons. The van der Waals surface area contributed by atoms with E-state index in [2.05, 4.69) is 15.6 Å². The van der Waals surface area contributed by atoms with Crippen molar-refractivity contribution in [1.82, 2.24) is 14.9 Å². The van der Waals surface area contributed by atoms with E-state index in [0.717, 1.165) is 24.1 Å². The maximum absolute atomic E-state index is 12.7. The third-order valence-electron chi connectivity index (χ3n) is 4.00. The molecular formula is C16H28N4O3S2. The van der Waals surface area contributed by atoms with Crippen LogP contribution in [0.25, 0.3) is 0 Å². The summed E-state index contributed by atoms with van der Waals surface area (Å²) >= 11 is 1.32. The van der Waals surface area contributed by atoms with Gasteiger partial charge in [-0.3, -0.25) is 4.99 Å². The van der Waals surface area contributed by atoms with Gasteiger partial charge in [-0.25, -0.2) is 8.42 Å². The molecule has 1 saturated heterocycles.